The maximum atomic E-state index is 5.24. The van der Waals surface area contributed by atoms with Gasteiger partial charge in [0.1, 0.15) is 5.75 Å². The van der Waals surface area contributed by atoms with Crippen molar-refractivity contribution in [2.75, 3.05) is 20.7 Å². The van der Waals surface area contributed by atoms with Crippen LogP contribution in [0.1, 0.15) is 51.5 Å². The molecule has 1 N–H and O–H groups in total. The van der Waals surface area contributed by atoms with Crippen molar-refractivity contribution in [3.8, 4) is 5.75 Å². The van der Waals surface area contributed by atoms with Crippen LogP contribution >= 0.6 is 0 Å². The van der Waals surface area contributed by atoms with Crippen molar-refractivity contribution in [1.82, 2.24) is 5.32 Å². The predicted octanol–water partition coefficient (Wildman–Crippen LogP) is 4.68. The van der Waals surface area contributed by atoms with Crippen LogP contribution in [0.3, 0.4) is 0 Å². The molecule has 1 aromatic rings. The molecule has 0 aliphatic heterocycles. The lowest BCUT2D eigenvalue weighted by Gasteiger charge is -2.23. The molecule has 0 heterocycles. The van der Waals surface area contributed by atoms with Gasteiger partial charge in [-0.15, -0.1) is 0 Å². The fourth-order valence-corrected chi connectivity index (χ4v) is 3.08. The third kappa shape index (κ3) is 6.99. The van der Waals surface area contributed by atoms with Crippen LogP contribution in [0.25, 0.3) is 0 Å². The fraction of sp³-hybridized carbons (Fsp3) is 0.684. The SMILES string of the molecule is CCCCC(CC)CC(CNC)Cc1ccc(OC)cc1. The molecule has 2 unspecified atom stereocenters. The van der Waals surface area contributed by atoms with E-state index in [2.05, 4.69) is 50.5 Å². The van der Waals surface area contributed by atoms with Crippen LogP contribution < -0.4 is 10.1 Å². The van der Waals surface area contributed by atoms with E-state index in [9.17, 15) is 0 Å². The molecule has 0 saturated carbocycles. The summed E-state index contributed by atoms with van der Waals surface area (Å²) in [4.78, 5) is 0. The van der Waals surface area contributed by atoms with Crippen molar-refractivity contribution < 1.29 is 4.74 Å². The Hall–Kier alpha value is -1.02. The normalized spacial score (nSPS) is 13.9. The Morgan fingerprint density at radius 1 is 1.10 bits per heavy atom. The van der Waals surface area contributed by atoms with Gasteiger partial charge in [0.05, 0.1) is 7.11 Å². The Labute approximate surface area is 131 Å². The second-order valence-electron chi connectivity index (χ2n) is 6.13. The number of methoxy groups -OCH3 is 1. The van der Waals surface area contributed by atoms with Gasteiger partial charge in [-0.05, 0) is 56.0 Å². The van der Waals surface area contributed by atoms with Gasteiger partial charge in [-0.3, -0.25) is 0 Å². The molecule has 0 saturated heterocycles. The van der Waals surface area contributed by atoms with Crippen molar-refractivity contribution in [2.45, 2.75) is 52.4 Å². The molecule has 120 valence electrons. The van der Waals surface area contributed by atoms with Gasteiger partial charge < -0.3 is 10.1 Å². The zero-order valence-corrected chi connectivity index (χ0v) is 14.3. The molecule has 0 aromatic heterocycles. The van der Waals surface area contributed by atoms with Crippen LogP contribution in [0.2, 0.25) is 0 Å². The minimum Gasteiger partial charge on any atom is -0.497 e. The number of nitrogens with one attached hydrogen (secondary N) is 1. The minimum atomic E-state index is 0.727. The maximum absolute atomic E-state index is 5.24. The van der Waals surface area contributed by atoms with E-state index < -0.39 is 0 Å². The third-order valence-electron chi connectivity index (χ3n) is 4.39. The lowest BCUT2D eigenvalue weighted by Crippen LogP contribution is -2.23. The first-order valence-electron chi connectivity index (χ1n) is 8.50. The monoisotopic (exact) mass is 291 g/mol. The first-order chi connectivity index (χ1) is 10.2. The largest absolute Gasteiger partial charge is 0.497 e. The van der Waals surface area contributed by atoms with E-state index in [0.717, 1.165) is 30.6 Å². The molecule has 1 rings (SSSR count). The summed E-state index contributed by atoms with van der Waals surface area (Å²) in [5, 5.41) is 3.37. The summed E-state index contributed by atoms with van der Waals surface area (Å²) < 4.78 is 5.24. The summed E-state index contributed by atoms with van der Waals surface area (Å²) >= 11 is 0. The molecular weight excluding hydrogens is 258 g/mol. The van der Waals surface area contributed by atoms with Crippen LogP contribution in [-0.2, 0) is 6.42 Å². The standard InChI is InChI=1S/C19H33NO/c1-5-7-8-16(6-2)13-18(15-20-3)14-17-9-11-19(21-4)12-10-17/h9-12,16,18,20H,5-8,13-15H2,1-4H3. The van der Waals surface area contributed by atoms with Gasteiger partial charge in [-0.25, -0.2) is 0 Å². The summed E-state index contributed by atoms with van der Waals surface area (Å²) in [6.45, 7) is 5.73. The molecule has 2 heteroatoms. The highest BCUT2D eigenvalue weighted by Crippen LogP contribution is 2.24. The molecule has 0 spiro atoms. The zero-order chi connectivity index (χ0) is 15.5. The summed E-state index contributed by atoms with van der Waals surface area (Å²) in [7, 11) is 3.78. The van der Waals surface area contributed by atoms with Crippen molar-refractivity contribution in [3.63, 3.8) is 0 Å². The quantitative estimate of drug-likeness (QED) is 0.639. The molecule has 0 aliphatic carbocycles. The lowest BCUT2D eigenvalue weighted by atomic mass is 9.85. The van der Waals surface area contributed by atoms with Gasteiger partial charge in [-0.1, -0.05) is 51.7 Å². The molecule has 0 radical (unpaired) electrons. The summed E-state index contributed by atoms with van der Waals surface area (Å²) in [5.74, 6) is 2.55. The molecule has 21 heavy (non-hydrogen) atoms. The van der Waals surface area contributed by atoms with Crippen LogP contribution in [0.15, 0.2) is 24.3 Å². The molecule has 1 aromatic carbocycles. The molecular formula is C19H33NO. The third-order valence-corrected chi connectivity index (χ3v) is 4.39. The molecule has 0 amide bonds. The van der Waals surface area contributed by atoms with E-state index in [1.165, 1.54) is 37.7 Å². The van der Waals surface area contributed by atoms with E-state index in [-0.39, 0.29) is 0 Å². The first kappa shape index (κ1) is 18.0. The van der Waals surface area contributed by atoms with E-state index in [0.29, 0.717) is 0 Å². The summed E-state index contributed by atoms with van der Waals surface area (Å²) in [5.41, 5.74) is 1.42. The predicted molar refractivity (Wildman–Crippen MR) is 92.0 cm³/mol. The van der Waals surface area contributed by atoms with Gasteiger partial charge in [-0.2, -0.15) is 0 Å². The van der Waals surface area contributed by atoms with Crippen molar-refractivity contribution >= 4 is 0 Å². The summed E-state index contributed by atoms with van der Waals surface area (Å²) in [6, 6.07) is 8.54. The van der Waals surface area contributed by atoms with Gasteiger partial charge in [0, 0.05) is 0 Å². The van der Waals surface area contributed by atoms with Gasteiger partial charge in [0.25, 0.3) is 0 Å². The number of ether oxygens (including phenoxy) is 1. The average Bonchev–Trinajstić information content (AvgIpc) is 2.52. The molecule has 2 atom stereocenters. The lowest BCUT2D eigenvalue weighted by molar-refractivity contribution is 0.329. The van der Waals surface area contributed by atoms with Crippen molar-refractivity contribution in [1.29, 1.82) is 0 Å². The Bertz CT molecular complexity index is 360. The molecule has 0 fully saturated rings. The number of hydrogen-bond donors (Lipinski definition) is 1. The highest BCUT2D eigenvalue weighted by Gasteiger charge is 2.15. The molecule has 0 aliphatic rings. The van der Waals surface area contributed by atoms with Gasteiger partial charge >= 0.3 is 0 Å². The zero-order valence-electron chi connectivity index (χ0n) is 14.3. The summed E-state index contributed by atoms with van der Waals surface area (Å²) in [6.07, 6.45) is 7.87. The Balaban J connectivity index is 2.58. The van der Waals surface area contributed by atoms with Crippen LogP contribution in [0.4, 0.5) is 0 Å². The van der Waals surface area contributed by atoms with E-state index >= 15 is 0 Å². The topological polar surface area (TPSA) is 21.3 Å². The fourth-order valence-electron chi connectivity index (χ4n) is 3.08. The van der Waals surface area contributed by atoms with Crippen LogP contribution in [0.5, 0.6) is 5.75 Å². The van der Waals surface area contributed by atoms with E-state index in [1.807, 2.05) is 0 Å². The van der Waals surface area contributed by atoms with E-state index in [1.54, 1.807) is 7.11 Å². The van der Waals surface area contributed by atoms with Crippen LogP contribution in [-0.4, -0.2) is 20.7 Å². The van der Waals surface area contributed by atoms with Gasteiger partial charge in [0.2, 0.25) is 0 Å². The smallest absolute Gasteiger partial charge is 0.118 e. The Kier molecular flexibility index (Phi) is 9.16. The minimum absolute atomic E-state index is 0.727. The highest BCUT2D eigenvalue weighted by atomic mass is 16.5. The number of rotatable bonds is 11. The first-order valence-corrected chi connectivity index (χ1v) is 8.50. The Morgan fingerprint density at radius 2 is 1.81 bits per heavy atom. The Morgan fingerprint density at radius 3 is 2.33 bits per heavy atom. The average molecular weight is 291 g/mol. The van der Waals surface area contributed by atoms with Gasteiger partial charge in [0.15, 0.2) is 0 Å². The highest BCUT2D eigenvalue weighted by molar-refractivity contribution is 5.27. The number of hydrogen-bond acceptors (Lipinski definition) is 2. The maximum Gasteiger partial charge on any atom is 0.118 e. The number of unbranched alkanes of at least 4 members (excludes halogenated alkanes) is 1. The molecule has 2 nitrogen and oxygen atoms in total. The number of benzene rings is 1. The second-order valence-corrected chi connectivity index (χ2v) is 6.13. The second kappa shape index (κ2) is 10.7. The molecule has 0 bridgehead atoms. The van der Waals surface area contributed by atoms with E-state index in [4.69, 9.17) is 4.74 Å². The van der Waals surface area contributed by atoms with Crippen molar-refractivity contribution in [3.05, 3.63) is 29.8 Å². The van der Waals surface area contributed by atoms with Crippen LogP contribution in [0, 0.1) is 11.8 Å². The van der Waals surface area contributed by atoms with Crippen molar-refractivity contribution in [2.24, 2.45) is 11.8 Å².